The minimum Gasteiger partial charge on any atom is -0.396 e. The van der Waals surface area contributed by atoms with Crippen LogP contribution >= 0.6 is 15.9 Å². The van der Waals surface area contributed by atoms with Crippen molar-refractivity contribution in [1.29, 1.82) is 0 Å². The molecule has 0 unspecified atom stereocenters. The van der Waals surface area contributed by atoms with Gasteiger partial charge in [-0.1, -0.05) is 29.8 Å². The van der Waals surface area contributed by atoms with Crippen molar-refractivity contribution >= 4 is 15.9 Å². The zero-order chi connectivity index (χ0) is 14.8. The van der Waals surface area contributed by atoms with E-state index in [2.05, 4.69) is 26.1 Å². The third kappa shape index (κ3) is 3.58. The van der Waals surface area contributed by atoms with Gasteiger partial charge in [0.15, 0.2) is 0 Å². The highest BCUT2D eigenvalue weighted by molar-refractivity contribution is 9.10. The average molecular weight is 345 g/mol. The molecule has 5 heteroatoms. The standard InChI is InChI=1S/C15H22BrFN2O/c1-15(2,10-20)14(19-5-3-18-4-6-19)11-7-12(16)9-13(17)8-11/h7-9,14,18,20H,3-6,10H2,1-2H3/t14-/m1/s1. The normalized spacial score (nSPS) is 19.1. The second-order valence-corrected chi connectivity index (χ2v) is 6.95. The molecule has 112 valence electrons. The van der Waals surface area contributed by atoms with Gasteiger partial charge in [-0.15, -0.1) is 0 Å². The van der Waals surface area contributed by atoms with Crippen LogP contribution in [-0.2, 0) is 0 Å². The number of hydrogen-bond donors (Lipinski definition) is 2. The summed E-state index contributed by atoms with van der Waals surface area (Å²) in [6.07, 6.45) is 0. The Hall–Kier alpha value is -0.490. The summed E-state index contributed by atoms with van der Waals surface area (Å²) in [6, 6.07) is 4.99. The van der Waals surface area contributed by atoms with Crippen LogP contribution in [0.5, 0.6) is 0 Å². The van der Waals surface area contributed by atoms with Crippen LogP contribution in [0.2, 0.25) is 0 Å². The van der Waals surface area contributed by atoms with Crippen LogP contribution in [0, 0.1) is 11.2 Å². The van der Waals surface area contributed by atoms with Gasteiger partial charge in [0, 0.05) is 48.7 Å². The van der Waals surface area contributed by atoms with Crippen molar-refractivity contribution in [3.8, 4) is 0 Å². The molecule has 1 atom stereocenters. The van der Waals surface area contributed by atoms with Crippen LogP contribution in [0.15, 0.2) is 22.7 Å². The van der Waals surface area contributed by atoms with E-state index in [1.165, 1.54) is 6.07 Å². The van der Waals surface area contributed by atoms with Crippen molar-refractivity contribution in [2.75, 3.05) is 32.8 Å². The van der Waals surface area contributed by atoms with Gasteiger partial charge in [-0.2, -0.15) is 0 Å². The molecule has 20 heavy (non-hydrogen) atoms. The van der Waals surface area contributed by atoms with Gasteiger partial charge in [-0.3, -0.25) is 4.90 Å². The zero-order valence-electron chi connectivity index (χ0n) is 12.0. The Morgan fingerprint density at radius 1 is 1.35 bits per heavy atom. The molecule has 0 radical (unpaired) electrons. The molecule has 1 fully saturated rings. The minimum absolute atomic E-state index is 0.00148. The fourth-order valence-corrected chi connectivity index (χ4v) is 3.40. The topological polar surface area (TPSA) is 35.5 Å². The Morgan fingerprint density at radius 3 is 2.55 bits per heavy atom. The van der Waals surface area contributed by atoms with E-state index in [1.807, 2.05) is 19.9 Å². The van der Waals surface area contributed by atoms with Crippen LogP contribution in [0.3, 0.4) is 0 Å². The van der Waals surface area contributed by atoms with Crippen LogP contribution in [0.1, 0.15) is 25.5 Å². The van der Waals surface area contributed by atoms with Crippen molar-refractivity contribution in [2.24, 2.45) is 5.41 Å². The molecule has 0 saturated carbocycles. The van der Waals surface area contributed by atoms with E-state index in [0.29, 0.717) is 0 Å². The second kappa shape index (κ2) is 6.52. The predicted molar refractivity (Wildman–Crippen MR) is 82.2 cm³/mol. The van der Waals surface area contributed by atoms with Crippen LogP contribution in [0.4, 0.5) is 4.39 Å². The molecule has 3 nitrogen and oxygen atoms in total. The van der Waals surface area contributed by atoms with Gasteiger partial charge in [0.2, 0.25) is 0 Å². The Bertz CT molecular complexity index is 441. The maximum absolute atomic E-state index is 13.7. The fraction of sp³-hybridized carbons (Fsp3) is 0.600. The van der Waals surface area contributed by atoms with Crippen molar-refractivity contribution in [2.45, 2.75) is 19.9 Å². The number of aliphatic hydroxyl groups is 1. The molecule has 1 aliphatic heterocycles. The highest BCUT2D eigenvalue weighted by atomic mass is 79.9. The zero-order valence-corrected chi connectivity index (χ0v) is 13.6. The van der Waals surface area contributed by atoms with E-state index in [-0.39, 0.29) is 23.9 Å². The van der Waals surface area contributed by atoms with Gasteiger partial charge >= 0.3 is 0 Å². The summed E-state index contributed by atoms with van der Waals surface area (Å²) in [6.45, 7) is 7.78. The second-order valence-electron chi connectivity index (χ2n) is 6.04. The van der Waals surface area contributed by atoms with Gasteiger partial charge < -0.3 is 10.4 Å². The first kappa shape index (κ1) is 15.9. The number of aliphatic hydroxyl groups excluding tert-OH is 1. The summed E-state index contributed by atoms with van der Waals surface area (Å²) in [4.78, 5) is 2.33. The fourth-order valence-electron chi connectivity index (χ4n) is 2.92. The van der Waals surface area contributed by atoms with Gasteiger partial charge in [0.05, 0.1) is 0 Å². The molecular formula is C15H22BrFN2O. The van der Waals surface area contributed by atoms with Crippen molar-refractivity contribution < 1.29 is 9.50 Å². The molecule has 1 aliphatic rings. The maximum atomic E-state index is 13.7. The minimum atomic E-state index is -0.329. The largest absolute Gasteiger partial charge is 0.396 e. The molecule has 2 rings (SSSR count). The van der Waals surface area contributed by atoms with Crippen molar-refractivity contribution in [1.82, 2.24) is 10.2 Å². The molecule has 0 aromatic heterocycles. The lowest BCUT2D eigenvalue weighted by molar-refractivity contribution is 0.0303. The lowest BCUT2D eigenvalue weighted by Gasteiger charge is -2.43. The Kier molecular flexibility index (Phi) is 5.18. The van der Waals surface area contributed by atoms with E-state index >= 15 is 0 Å². The number of benzene rings is 1. The molecule has 2 N–H and O–H groups in total. The van der Waals surface area contributed by atoms with E-state index in [9.17, 15) is 9.50 Å². The first-order valence-corrected chi connectivity index (χ1v) is 7.75. The summed E-state index contributed by atoms with van der Waals surface area (Å²) >= 11 is 3.36. The summed E-state index contributed by atoms with van der Waals surface area (Å²) in [5.41, 5.74) is 0.586. The Labute approximate surface area is 128 Å². The first-order chi connectivity index (χ1) is 9.44. The third-order valence-corrected chi connectivity index (χ3v) is 4.32. The third-order valence-electron chi connectivity index (χ3n) is 3.87. The summed E-state index contributed by atoms with van der Waals surface area (Å²) in [7, 11) is 0. The lowest BCUT2D eigenvalue weighted by atomic mass is 9.79. The lowest BCUT2D eigenvalue weighted by Crippen LogP contribution is -2.49. The van der Waals surface area contributed by atoms with Gasteiger partial charge in [0.1, 0.15) is 5.82 Å². The quantitative estimate of drug-likeness (QED) is 0.881. The SMILES string of the molecule is CC(C)(CO)[C@@H](c1cc(F)cc(Br)c1)N1CCNCC1. The summed E-state index contributed by atoms with van der Waals surface area (Å²) < 4.78 is 14.5. The number of nitrogens with zero attached hydrogens (tertiary/aromatic N) is 1. The number of nitrogens with one attached hydrogen (secondary N) is 1. The summed E-state index contributed by atoms with van der Waals surface area (Å²) in [5, 5.41) is 13.1. The number of piperazine rings is 1. The highest BCUT2D eigenvalue weighted by Gasteiger charge is 2.35. The van der Waals surface area contributed by atoms with Crippen LogP contribution in [0.25, 0.3) is 0 Å². The number of hydrogen-bond acceptors (Lipinski definition) is 3. The highest BCUT2D eigenvalue weighted by Crippen LogP contribution is 2.39. The molecule has 1 aromatic carbocycles. The maximum Gasteiger partial charge on any atom is 0.124 e. The molecule has 1 aromatic rings. The van der Waals surface area contributed by atoms with Crippen LogP contribution < -0.4 is 5.32 Å². The molecule has 0 amide bonds. The molecule has 0 bridgehead atoms. The van der Waals surface area contributed by atoms with Crippen molar-refractivity contribution in [3.05, 3.63) is 34.1 Å². The van der Waals surface area contributed by atoms with E-state index < -0.39 is 0 Å². The van der Waals surface area contributed by atoms with E-state index in [4.69, 9.17) is 0 Å². The van der Waals surface area contributed by atoms with Crippen LogP contribution in [-0.4, -0.2) is 42.8 Å². The van der Waals surface area contributed by atoms with Gasteiger partial charge in [-0.05, 0) is 23.8 Å². The molecule has 0 aliphatic carbocycles. The number of rotatable bonds is 4. The van der Waals surface area contributed by atoms with Gasteiger partial charge in [0.25, 0.3) is 0 Å². The molecular weight excluding hydrogens is 323 g/mol. The molecule has 1 saturated heterocycles. The molecule has 0 spiro atoms. The Balaban J connectivity index is 2.39. The predicted octanol–water partition coefficient (Wildman–Crippen LogP) is 2.55. The van der Waals surface area contributed by atoms with E-state index in [1.54, 1.807) is 6.07 Å². The van der Waals surface area contributed by atoms with E-state index in [0.717, 1.165) is 36.2 Å². The Morgan fingerprint density at radius 2 is 2.00 bits per heavy atom. The smallest absolute Gasteiger partial charge is 0.124 e. The summed E-state index contributed by atoms with van der Waals surface area (Å²) in [5.74, 6) is -0.247. The monoisotopic (exact) mass is 344 g/mol. The number of halogens is 2. The van der Waals surface area contributed by atoms with Crippen molar-refractivity contribution in [3.63, 3.8) is 0 Å². The molecule has 1 heterocycles. The average Bonchev–Trinajstić information content (AvgIpc) is 2.39. The first-order valence-electron chi connectivity index (χ1n) is 6.95. The van der Waals surface area contributed by atoms with Gasteiger partial charge in [-0.25, -0.2) is 4.39 Å².